The van der Waals surface area contributed by atoms with Crippen LogP contribution in [0.2, 0.25) is 0 Å². The fraction of sp³-hybridized carbons (Fsp3) is 0.286. The van der Waals surface area contributed by atoms with Crippen LogP contribution in [0.4, 0.5) is 0 Å². The van der Waals surface area contributed by atoms with Gasteiger partial charge in [-0.05, 0) is 52.2 Å². The molecule has 0 aliphatic rings. The minimum Gasteiger partial charge on any atom is -0.493 e. The average Bonchev–Trinajstić information content (AvgIpc) is 2.85. The van der Waals surface area contributed by atoms with Crippen molar-refractivity contribution in [2.75, 3.05) is 14.2 Å². The first-order valence-corrected chi connectivity index (χ1v) is 7.45. The lowest BCUT2D eigenvalue weighted by Crippen LogP contribution is -1.96. The second-order valence-corrected chi connectivity index (χ2v) is 5.89. The summed E-state index contributed by atoms with van der Waals surface area (Å²) in [6.45, 7) is 0. The zero-order valence-corrected chi connectivity index (χ0v) is 13.8. The van der Waals surface area contributed by atoms with Crippen LogP contribution in [0.15, 0.2) is 39.4 Å². The molecule has 1 aromatic heterocycles. The number of alkyl halides is 1. The van der Waals surface area contributed by atoms with Gasteiger partial charge >= 0.3 is 0 Å². The average molecular weight is 390 g/mol. The van der Waals surface area contributed by atoms with Crippen molar-refractivity contribution in [3.8, 4) is 11.5 Å². The molecule has 19 heavy (non-hydrogen) atoms. The van der Waals surface area contributed by atoms with Crippen molar-refractivity contribution in [3.63, 3.8) is 0 Å². The Balaban J connectivity index is 2.14. The molecule has 0 aliphatic carbocycles. The van der Waals surface area contributed by atoms with Gasteiger partial charge in [0.25, 0.3) is 0 Å². The third-order valence-electron chi connectivity index (χ3n) is 2.77. The molecule has 102 valence electrons. The first-order chi connectivity index (χ1) is 9.13. The monoisotopic (exact) mass is 388 g/mol. The lowest BCUT2D eigenvalue weighted by Gasteiger charge is -2.11. The predicted molar refractivity (Wildman–Crippen MR) is 81.3 cm³/mol. The normalized spacial score (nSPS) is 12.2. The smallest absolute Gasteiger partial charge is 0.169 e. The van der Waals surface area contributed by atoms with Gasteiger partial charge in [0.2, 0.25) is 0 Å². The van der Waals surface area contributed by atoms with E-state index in [4.69, 9.17) is 13.9 Å². The maximum Gasteiger partial charge on any atom is 0.169 e. The second-order valence-electron chi connectivity index (χ2n) is 4.00. The maximum absolute atomic E-state index is 5.53. The molecule has 1 atom stereocenters. The molecule has 0 spiro atoms. The fourth-order valence-electron chi connectivity index (χ4n) is 1.81. The first kappa shape index (κ1) is 14.5. The Bertz CT molecular complexity index is 551. The van der Waals surface area contributed by atoms with Gasteiger partial charge < -0.3 is 13.9 Å². The van der Waals surface area contributed by atoms with Crippen LogP contribution in [0.25, 0.3) is 0 Å². The van der Waals surface area contributed by atoms with Gasteiger partial charge in [-0.15, -0.1) is 0 Å². The van der Waals surface area contributed by atoms with E-state index in [1.54, 1.807) is 14.2 Å². The van der Waals surface area contributed by atoms with E-state index in [-0.39, 0.29) is 4.83 Å². The summed E-state index contributed by atoms with van der Waals surface area (Å²) in [7, 11) is 3.27. The SMILES string of the molecule is COc1ccc(CC(Br)c2ccc(Br)o2)cc1OC. The molecule has 0 aliphatic heterocycles. The molecule has 0 N–H and O–H groups in total. The van der Waals surface area contributed by atoms with Gasteiger partial charge in [0.15, 0.2) is 16.2 Å². The summed E-state index contributed by atoms with van der Waals surface area (Å²) in [5.41, 5.74) is 1.15. The van der Waals surface area contributed by atoms with E-state index in [0.717, 1.165) is 33.9 Å². The molecule has 2 aromatic rings. The highest BCUT2D eigenvalue weighted by Crippen LogP contribution is 2.33. The molecule has 0 radical (unpaired) electrons. The Labute approximate surface area is 129 Å². The quantitative estimate of drug-likeness (QED) is 0.692. The summed E-state index contributed by atoms with van der Waals surface area (Å²) in [4.78, 5) is 0.122. The third-order valence-corrected chi connectivity index (χ3v) is 3.97. The van der Waals surface area contributed by atoms with E-state index in [1.165, 1.54) is 0 Å². The van der Waals surface area contributed by atoms with Gasteiger partial charge in [-0.1, -0.05) is 22.0 Å². The van der Waals surface area contributed by atoms with Crippen LogP contribution in [0.1, 0.15) is 16.2 Å². The molecule has 0 fully saturated rings. The summed E-state index contributed by atoms with van der Waals surface area (Å²) in [6.07, 6.45) is 0.806. The summed E-state index contributed by atoms with van der Waals surface area (Å²) < 4.78 is 16.8. The minimum atomic E-state index is 0.122. The maximum atomic E-state index is 5.53. The van der Waals surface area contributed by atoms with Crippen molar-refractivity contribution in [1.29, 1.82) is 0 Å². The van der Waals surface area contributed by atoms with Crippen LogP contribution in [-0.2, 0) is 6.42 Å². The lowest BCUT2D eigenvalue weighted by atomic mass is 10.1. The molecule has 0 bridgehead atoms. The largest absolute Gasteiger partial charge is 0.493 e. The Kier molecular flexibility index (Phi) is 4.93. The van der Waals surface area contributed by atoms with E-state index in [2.05, 4.69) is 31.9 Å². The Morgan fingerprint density at radius 3 is 2.42 bits per heavy atom. The standard InChI is InChI=1S/C14H14Br2O3/c1-17-12-4-3-9(8-13(12)18-2)7-10(15)11-5-6-14(16)19-11/h3-6,8,10H,7H2,1-2H3. The van der Waals surface area contributed by atoms with E-state index >= 15 is 0 Å². The van der Waals surface area contributed by atoms with Crippen molar-refractivity contribution < 1.29 is 13.9 Å². The van der Waals surface area contributed by atoms with Gasteiger partial charge in [0.1, 0.15) is 5.76 Å². The molecule has 0 amide bonds. The Morgan fingerprint density at radius 2 is 1.84 bits per heavy atom. The lowest BCUT2D eigenvalue weighted by molar-refractivity contribution is 0.354. The summed E-state index contributed by atoms with van der Waals surface area (Å²) >= 11 is 6.93. The minimum absolute atomic E-state index is 0.122. The van der Waals surface area contributed by atoms with Crippen molar-refractivity contribution in [1.82, 2.24) is 0 Å². The molecule has 5 heteroatoms. The Morgan fingerprint density at radius 1 is 1.11 bits per heavy atom. The predicted octanol–water partition coefficient (Wildman–Crippen LogP) is 4.74. The highest BCUT2D eigenvalue weighted by Gasteiger charge is 2.14. The van der Waals surface area contributed by atoms with Crippen LogP contribution < -0.4 is 9.47 Å². The van der Waals surface area contributed by atoms with Gasteiger partial charge in [0, 0.05) is 0 Å². The van der Waals surface area contributed by atoms with E-state index < -0.39 is 0 Å². The van der Waals surface area contributed by atoms with Crippen molar-refractivity contribution in [2.24, 2.45) is 0 Å². The number of benzene rings is 1. The highest BCUT2D eigenvalue weighted by atomic mass is 79.9. The van der Waals surface area contributed by atoms with E-state index in [9.17, 15) is 0 Å². The topological polar surface area (TPSA) is 31.6 Å². The van der Waals surface area contributed by atoms with Gasteiger partial charge in [-0.3, -0.25) is 0 Å². The van der Waals surface area contributed by atoms with Crippen LogP contribution >= 0.6 is 31.9 Å². The van der Waals surface area contributed by atoms with E-state index in [1.807, 2.05) is 30.3 Å². The summed E-state index contributed by atoms with van der Waals surface area (Å²) in [5.74, 6) is 2.36. The number of rotatable bonds is 5. The van der Waals surface area contributed by atoms with Crippen LogP contribution in [0.5, 0.6) is 11.5 Å². The summed E-state index contributed by atoms with van der Waals surface area (Å²) in [5, 5.41) is 0. The molecule has 1 unspecified atom stereocenters. The number of hydrogen-bond donors (Lipinski definition) is 0. The van der Waals surface area contributed by atoms with Crippen LogP contribution in [-0.4, -0.2) is 14.2 Å². The van der Waals surface area contributed by atoms with Crippen molar-refractivity contribution >= 4 is 31.9 Å². The molecule has 1 heterocycles. The molecule has 0 saturated heterocycles. The number of methoxy groups -OCH3 is 2. The molecule has 0 saturated carbocycles. The first-order valence-electron chi connectivity index (χ1n) is 5.74. The van der Waals surface area contributed by atoms with Crippen molar-refractivity contribution in [3.05, 3.63) is 46.3 Å². The van der Waals surface area contributed by atoms with Crippen molar-refractivity contribution in [2.45, 2.75) is 11.2 Å². The zero-order chi connectivity index (χ0) is 13.8. The molecule has 3 nitrogen and oxygen atoms in total. The summed E-state index contributed by atoms with van der Waals surface area (Å²) in [6, 6.07) is 9.74. The second kappa shape index (κ2) is 6.48. The number of furan rings is 1. The van der Waals surface area contributed by atoms with Gasteiger partial charge in [-0.2, -0.15) is 0 Å². The molecule has 1 aromatic carbocycles. The molecular weight excluding hydrogens is 376 g/mol. The number of halogens is 2. The van der Waals surface area contributed by atoms with Crippen LogP contribution in [0.3, 0.4) is 0 Å². The third kappa shape index (κ3) is 3.54. The van der Waals surface area contributed by atoms with Crippen LogP contribution in [0, 0.1) is 0 Å². The Hall–Kier alpha value is -0.940. The number of ether oxygens (including phenoxy) is 2. The molecular formula is C14H14Br2O3. The zero-order valence-electron chi connectivity index (χ0n) is 10.7. The highest BCUT2D eigenvalue weighted by molar-refractivity contribution is 9.10. The van der Waals surface area contributed by atoms with Gasteiger partial charge in [-0.25, -0.2) is 0 Å². The fourth-order valence-corrected chi connectivity index (χ4v) is 2.75. The molecule has 2 rings (SSSR count). The van der Waals surface area contributed by atoms with E-state index in [0.29, 0.717) is 0 Å². The van der Waals surface area contributed by atoms with Gasteiger partial charge in [0.05, 0.1) is 19.0 Å². The number of hydrogen-bond acceptors (Lipinski definition) is 3.